The number of urea groups is 1. The number of nitrogens with two attached hydrogens (primary N) is 1. The van der Waals surface area contributed by atoms with Crippen LogP contribution in [0, 0.1) is 5.92 Å². The number of hydrogen-bond donors (Lipinski definition) is 3. The van der Waals surface area contributed by atoms with Gasteiger partial charge in [0.05, 0.1) is 0 Å². The van der Waals surface area contributed by atoms with Crippen molar-refractivity contribution in [1.82, 2.24) is 20.4 Å². The van der Waals surface area contributed by atoms with Gasteiger partial charge >= 0.3 is 6.03 Å². The zero-order chi connectivity index (χ0) is 18.1. The highest BCUT2D eigenvalue weighted by Gasteiger charge is 2.22. The van der Waals surface area contributed by atoms with Crippen molar-refractivity contribution >= 4 is 12.0 Å². The van der Waals surface area contributed by atoms with Crippen LogP contribution >= 0.6 is 0 Å². The van der Waals surface area contributed by atoms with E-state index in [1.165, 1.54) is 38.9 Å². The maximum Gasteiger partial charge on any atom is 0.314 e. The van der Waals surface area contributed by atoms with E-state index in [0.717, 1.165) is 50.9 Å². The monoisotopic (exact) mass is 352 g/mol. The Bertz CT molecular complexity index is 425. The number of likely N-dealkylation sites (tertiary alicyclic amines) is 2. The van der Waals surface area contributed by atoms with Gasteiger partial charge in [-0.05, 0) is 64.6 Å². The molecule has 2 amide bonds. The molecule has 144 valence electrons. The molecule has 0 aromatic heterocycles. The van der Waals surface area contributed by atoms with Crippen molar-refractivity contribution in [2.75, 3.05) is 45.8 Å². The summed E-state index contributed by atoms with van der Waals surface area (Å²) in [7, 11) is 0. The maximum atomic E-state index is 11.2. The van der Waals surface area contributed by atoms with Crippen molar-refractivity contribution < 1.29 is 4.79 Å². The minimum atomic E-state index is -0.312. The molecule has 0 unspecified atom stereocenters. The van der Waals surface area contributed by atoms with Gasteiger partial charge in [-0.2, -0.15) is 0 Å². The quantitative estimate of drug-likeness (QED) is 0.495. The van der Waals surface area contributed by atoms with Crippen LogP contribution in [0.2, 0.25) is 0 Å². The van der Waals surface area contributed by atoms with E-state index in [1.807, 2.05) is 0 Å². The van der Waals surface area contributed by atoms with E-state index in [4.69, 9.17) is 10.7 Å². The summed E-state index contributed by atoms with van der Waals surface area (Å²) in [6.45, 7) is 11.2. The summed E-state index contributed by atoms with van der Waals surface area (Å²) >= 11 is 0. The fraction of sp³-hybridized carbons (Fsp3) is 0.889. The van der Waals surface area contributed by atoms with Crippen molar-refractivity contribution in [3.8, 4) is 0 Å². The lowest BCUT2D eigenvalue weighted by Crippen LogP contribution is -2.50. The number of primary amides is 1. The molecule has 0 aliphatic carbocycles. The number of guanidine groups is 1. The summed E-state index contributed by atoms with van der Waals surface area (Å²) in [5.41, 5.74) is 5.34. The molecular formula is C18H36N6O. The molecule has 0 aromatic rings. The van der Waals surface area contributed by atoms with Crippen LogP contribution in [0.1, 0.15) is 46.0 Å². The molecule has 25 heavy (non-hydrogen) atoms. The predicted octanol–water partition coefficient (Wildman–Crippen LogP) is 1.21. The van der Waals surface area contributed by atoms with Gasteiger partial charge in [-0.3, -0.25) is 4.99 Å². The van der Waals surface area contributed by atoms with E-state index in [-0.39, 0.29) is 6.03 Å². The van der Waals surface area contributed by atoms with Gasteiger partial charge in [0.1, 0.15) is 0 Å². The van der Waals surface area contributed by atoms with E-state index in [2.05, 4.69) is 29.4 Å². The SMILES string of the molecule is CCNC(=NCCC1CCN(CC)CC1)NC1CCN(C(N)=O)CC1. The first-order chi connectivity index (χ1) is 12.1. The summed E-state index contributed by atoms with van der Waals surface area (Å²) < 4.78 is 0. The summed E-state index contributed by atoms with van der Waals surface area (Å²) in [4.78, 5) is 20.2. The summed E-state index contributed by atoms with van der Waals surface area (Å²) in [5.74, 6) is 1.72. The second-order valence-corrected chi connectivity index (χ2v) is 7.17. The first-order valence-corrected chi connectivity index (χ1v) is 9.94. The molecular weight excluding hydrogens is 316 g/mol. The molecule has 2 rings (SSSR count). The number of hydrogen-bond acceptors (Lipinski definition) is 3. The molecule has 7 nitrogen and oxygen atoms in total. The summed E-state index contributed by atoms with van der Waals surface area (Å²) in [5, 5.41) is 6.87. The molecule has 0 bridgehead atoms. The molecule has 2 fully saturated rings. The molecule has 0 radical (unpaired) electrons. The number of rotatable bonds is 6. The predicted molar refractivity (Wildman–Crippen MR) is 103 cm³/mol. The van der Waals surface area contributed by atoms with Gasteiger partial charge < -0.3 is 26.2 Å². The van der Waals surface area contributed by atoms with Crippen LogP contribution in [0.25, 0.3) is 0 Å². The Morgan fingerprint density at radius 3 is 2.36 bits per heavy atom. The molecule has 2 heterocycles. The van der Waals surface area contributed by atoms with Crippen LogP contribution in [0.3, 0.4) is 0 Å². The maximum absolute atomic E-state index is 11.2. The fourth-order valence-electron chi connectivity index (χ4n) is 3.71. The lowest BCUT2D eigenvalue weighted by atomic mass is 9.94. The van der Waals surface area contributed by atoms with Gasteiger partial charge in [0.15, 0.2) is 5.96 Å². The number of carbonyl (C=O) groups is 1. The average Bonchev–Trinajstić information content (AvgIpc) is 2.63. The lowest BCUT2D eigenvalue weighted by molar-refractivity contribution is 0.187. The van der Waals surface area contributed by atoms with Crippen molar-refractivity contribution in [3.05, 3.63) is 0 Å². The first-order valence-electron chi connectivity index (χ1n) is 9.94. The van der Waals surface area contributed by atoms with Gasteiger partial charge in [-0.15, -0.1) is 0 Å². The standard InChI is InChI=1S/C18H36N6O/c1-3-20-18(22-16-8-13-24(14-9-16)17(19)25)21-10-5-15-6-11-23(4-2)12-7-15/h15-16H,3-14H2,1-2H3,(H2,19,25)(H2,20,21,22). The van der Waals surface area contributed by atoms with Crippen LogP contribution in [0.15, 0.2) is 4.99 Å². The van der Waals surface area contributed by atoms with Crippen LogP contribution in [0.4, 0.5) is 4.79 Å². The summed E-state index contributed by atoms with van der Waals surface area (Å²) in [6.07, 6.45) is 5.62. The normalized spacial score (nSPS) is 21.4. The fourth-order valence-corrected chi connectivity index (χ4v) is 3.71. The number of nitrogens with one attached hydrogen (secondary N) is 2. The molecule has 0 atom stereocenters. The zero-order valence-electron chi connectivity index (χ0n) is 16.0. The molecule has 0 spiro atoms. The molecule has 4 N–H and O–H groups in total. The smallest absolute Gasteiger partial charge is 0.314 e. The van der Waals surface area contributed by atoms with Crippen LogP contribution in [-0.2, 0) is 0 Å². The average molecular weight is 353 g/mol. The Hall–Kier alpha value is -1.50. The van der Waals surface area contributed by atoms with E-state index >= 15 is 0 Å². The van der Waals surface area contributed by atoms with Crippen molar-refractivity contribution in [2.24, 2.45) is 16.6 Å². The Labute approximate surface area is 152 Å². The zero-order valence-corrected chi connectivity index (χ0v) is 16.0. The number of piperidine rings is 2. The third-order valence-electron chi connectivity index (χ3n) is 5.45. The second kappa shape index (κ2) is 10.5. The van der Waals surface area contributed by atoms with Crippen LogP contribution < -0.4 is 16.4 Å². The third-order valence-corrected chi connectivity index (χ3v) is 5.45. The van der Waals surface area contributed by atoms with Crippen molar-refractivity contribution in [3.63, 3.8) is 0 Å². The Kier molecular flexibility index (Phi) is 8.31. The Morgan fingerprint density at radius 1 is 1.12 bits per heavy atom. The first kappa shape index (κ1) is 19.8. The highest BCUT2D eigenvalue weighted by Crippen LogP contribution is 2.20. The van der Waals surface area contributed by atoms with Gasteiger partial charge in [-0.1, -0.05) is 6.92 Å². The van der Waals surface area contributed by atoms with Crippen molar-refractivity contribution in [2.45, 2.75) is 52.0 Å². The topological polar surface area (TPSA) is 86.0 Å². The summed E-state index contributed by atoms with van der Waals surface area (Å²) in [6, 6.07) is 0.0503. The minimum absolute atomic E-state index is 0.312. The van der Waals surface area contributed by atoms with Gasteiger partial charge in [0.2, 0.25) is 0 Å². The highest BCUT2D eigenvalue weighted by atomic mass is 16.2. The van der Waals surface area contributed by atoms with Gasteiger partial charge in [0.25, 0.3) is 0 Å². The molecule has 2 aliphatic heterocycles. The second-order valence-electron chi connectivity index (χ2n) is 7.17. The van der Waals surface area contributed by atoms with Crippen LogP contribution in [0.5, 0.6) is 0 Å². The van der Waals surface area contributed by atoms with Gasteiger partial charge in [-0.25, -0.2) is 4.79 Å². The van der Waals surface area contributed by atoms with E-state index < -0.39 is 0 Å². The van der Waals surface area contributed by atoms with E-state index in [1.54, 1.807) is 4.90 Å². The van der Waals surface area contributed by atoms with Gasteiger partial charge in [0, 0.05) is 32.2 Å². The number of amides is 2. The molecule has 0 saturated carbocycles. The minimum Gasteiger partial charge on any atom is -0.357 e. The largest absolute Gasteiger partial charge is 0.357 e. The highest BCUT2D eigenvalue weighted by molar-refractivity contribution is 5.80. The Morgan fingerprint density at radius 2 is 1.80 bits per heavy atom. The molecule has 0 aromatic carbocycles. The number of aliphatic imine (C=N–C) groups is 1. The van der Waals surface area contributed by atoms with Crippen molar-refractivity contribution in [1.29, 1.82) is 0 Å². The number of carbonyl (C=O) groups excluding carboxylic acids is 1. The van der Waals surface area contributed by atoms with Crippen LogP contribution in [-0.4, -0.2) is 73.6 Å². The third kappa shape index (κ3) is 6.72. The molecule has 7 heteroatoms. The molecule has 2 saturated heterocycles. The van der Waals surface area contributed by atoms with E-state index in [9.17, 15) is 4.79 Å². The number of nitrogens with zero attached hydrogens (tertiary/aromatic N) is 3. The lowest BCUT2D eigenvalue weighted by Gasteiger charge is -2.32. The Balaban J connectivity index is 1.72. The van der Waals surface area contributed by atoms with E-state index in [0.29, 0.717) is 6.04 Å². The molecule has 2 aliphatic rings.